The SMILES string of the molecule is O=S(=O)(NCc1ccnc(OC2CCCC2)c1)N1CCOCC1. The first kappa shape index (κ1) is 16.6. The van der Waals surface area contributed by atoms with Gasteiger partial charge in [0.25, 0.3) is 10.2 Å². The summed E-state index contributed by atoms with van der Waals surface area (Å²) in [6.45, 7) is 1.89. The molecule has 0 amide bonds. The maximum Gasteiger partial charge on any atom is 0.279 e. The van der Waals surface area contributed by atoms with E-state index in [0.29, 0.717) is 32.2 Å². The molecule has 0 spiro atoms. The van der Waals surface area contributed by atoms with Crippen LogP contribution in [0.3, 0.4) is 0 Å². The van der Waals surface area contributed by atoms with Crippen molar-refractivity contribution in [2.45, 2.75) is 38.3 Å². The number of morpholine rings is 1. The molecule has 3 rings (SSSR count). The van der Waals surface area contributed by atoms with Crippen molar-refractivity contribution in [1.29, 1.82) is 0 Å². The summed E-state index contributed by atoms with van der Waals surface area (Å²) in [6.07, 6.45) is 6.42. The summed E-state index contributed by atoms with van der Waals surface area (Å²) in [4.78, 5) is 4.21. The Morgan fingerprint density at radius 3 is 2.78 bits per heavy atom. The molecule has 1 saturated carbocycles. The van der Waals surface area contributed by atoms with Gasteiger partial charge in [-0.25, -0.2) is 4.98 Å². The zero-order valence-electron chi connectivity index (χ0n) is 13.1. The molecule has 1 aliphatic carbocycles. The van der Waals surface area contributed by atoms with Gasteiger partial charge in [-0.15, -0.1) is 0 Å². The molecule has 8 heteroatoms. The maximum atomic E-state index is 12.2. The van der Waals surface area contributed by atoms with E-state index in [1.54, 1.807) is 18.3 Å². The van der Waals surface area contributed by atoms with Gasteiger partial charge in [-0.3, -0.25) is 0 Å². The summed E-state index contributed by atoms with van der Waals surface area (Å²) >= 11 is 0. The van der Waals surface area contributed by atoms with Crippen molar-refractivity contribution in [3.63, 3.8) is 0 Å². The van der Waals surface area contributed by atoms with Crippen molar-refractivity contribution in [3.8, 4) is 5.88 Å². The fourth-order valence-electron chi connectivity index (χ4n) is 2.85. The predicted octanol–water partition coefficient (Wildman–Crippen LogP) is 1.07. The zero-order chi connectivity index (χ0) is 16.1. The van der Waals surface area contributed by atoms with Gasteiger partial charge < -0.3 is 9.47 Å². The van der Waals surface area contributed by atoms with E-state index in [1.165, 1.54) is 17.1 Å². The van der Waals surface area contributed by atoms with E-state index in [4.69, 9.17) is 9.47 Å². The Bertz CT molecular complexity index is 611. The Kier molecular flexibility index (Phi) is 5.47. The molecule has 1 aromatic rings. The van der Waals surface area contributed by atoms with Gasteiger partial charge in [-0.1, -0.05) is 0 Å². The third kappa shape index (κ3) is 4.63. The first-order valence-electron chi connectivity index (χ1n) is 8.07. The van der Waals surface area contributed by atoms with Gasteiger partial charge in [0, 0.05) is 31.9 Å². The van der Waals surface area contributed by atoms with Crippen molar-refractivity contribution < 1.29 is 17.9 Å². The average Bonchev–Trinajstić information content (AvgIpc) is 3.07. The molecule has 7 nitrogen and oxygen atoms in total. The van der Waals surface area contributed by atoms with Crippen LogP contribution in [0, 0.1) is 0 Å². The number of nitrogens with zero attached hydrogens (tertiary/aromatic N) is 2. The normalized spacial score (nSPS) is 20.7. The Labute approximate surface area is 137 Å². The first-order valence-corrected chi connectivity index (χ1v) is 9.51. The van der Waals surface area contributed by atoms with Gasteiger partial charge in [0.15, 0.2) is 0 Å². The van der Waals surface area contributed by atoms with Crippen LogP contribution in [-0.2, 0) is 21.5 Å². The molecule has 128 valence electrons. The van der Waals surface area contributed by atoms with Crippen LogP contribution in [0.15, 0.2) is 18.3 Å². The lowest BCUT2D eigenvalue weighted by molar-refractivity contribution is 0.0725. The molecule has 1 aliphatic heterocycles. The van der Waals surface area contributed by atoms with Gasteiger partial charge in [0.05, 0.1) is 13.2 Å². The molecular formula is C15H23N3O4S. The largest absolute Gasteiger partial charge is 0.474 e. The molecule has 0 unspecified atom stereocenters. The molecule has 0 radical (unpaired) electrons. The van der Waals surface area contributed by atoms with Crippen molar-refractivity contribution in [2.75, 3.05) is 26.3 Å². The molecule has 0 atom stereocenters. The summed E-state index contributed by atoms with van der Waals surface area (Å²) in [5, 5.41) is 0. The van der Waals surface area contributed by atoms with Crippen LogP contribution in [0.25, 0.3) is 0 Å². The molecule has 0 bridgehead atoms. The van der Waals surface area contributed by atoms with Gasteiger partial charge in [0.1, 0.15) is 6.10 Å². The fourth-order valence-corrected chi connectivity index (χ4v) is 4.02. The minimum Gasteiger partial charge on any atom is -0.474 e. The fraction of sp³-hybridized carbons (Fsp3) is 0.667. The highest BCUT2D eigenvalue weighted by Crippen LogP contribution is 2.23. The van der Waals surface area contributed by atoms with Gasteiger partial charge in [0.2, 0.25) is 5.88 Å². The third-order valence-electron chi connectivity index (χ3n) is 4.16. The lowest BCUT2D eigenvalue weighted by atomic mass is 10.2. The van der Waals surface area contributed by atoms with E-state index in [0.717, 1.165) is 18.4 Å². The summed E-state index contributed by atoms with van der Waals surface area (Å²) in [5.41, 5.74) is 0.838. The Morgan fingerprint density at radius 2 is 2.04 bits per heavy atom. The van der Waals surface area contributed by atoms with E-state index < -0.39 is 10.2 Å². The van der Waals surface area contributed by atoms with Crippen LogP contribution >= 0.6 is 0 Å². The number of hydrogen-bond acceptors (Lipinski definition) is 5. The van der Waals surface area contributed by atoms with Crippen LogP contribution in [0.4, 0.5) is 0 Å². The number of nitrogens with one attached hydrogen (secondary N) is 1. The van der Waals surface area contributed by atoms with E-state index in [9.17, 15) is 8.42 Å². The van der Waals surface area contributed by atoms with E-state index in [1.807, 2.05) is 0 Å². The summed E-state index contributed by atoms with van der Waals surface area (Å²) in [5.74, 6) is 0.569. The monoisotopic (exact) mass is 341 g/mol. The predicted molar refractivity (Wildman–Crippen MR) is 85.3 cm³/mol. The van der Waals surface area contributed by atoms with Crippen LogP contribution < -0.4 is 9.46 Å². The Balaban J connectivity index is 1.56. The van der Waals surface area contributed by atoms with Crippen LogP contribution in [0.5, 0.6) is 5.88 Å². The zero-order valence-corrected chi connectivity index (χ0v) is 13.9. The second-order valence-electron chi connectivity index (χ2n) is 5.86. The second kappa shape index (κ2) is 7.57. The molecule has 0 aromatic carbocycles. The molecule has 2 aliphatic rings. The van der Waals surface area contributed by atoms with E-state index >= 15 is 0 Å². The van der Waals surface area contributed by atoms with Crippen molar-refractivity contribution >= 4 is 10.2 Å². The van der Waals surface area contributed by atoms with Gasteiger partial charge in [-0.2, -0.15) is 17.4 Å². The first-order chi connectivity index (χ1) is 11.1. The standard InChI is InChI=1S/C15H23N3O4S/c19-23(20,18-7-9-21-10-8-18)17-12-13-5-6-16-15(11-13)22-14-3-1-2-4-14/h5-6,11,14,17H,1-4,7-10,12H2. The topological polar surface area (TPSA) is 80.8 Å². The smallest absolute Gasteiger partial charge is 0.279 e. The minimum absolute atomic E-state index is 0.225. The quantitative estimate of drug-likeness (QED) is 0.837. The molecular weight excluding hydrogens is 318 g/mol. The maximum absolute atomic E-state index is 12.2. The molecule has 2 fully saturated rings. The summed E-state index contributed by atoms with van der Waals surface area (Å²) < 4.78 is 39.5. The number of ether oxygens (including phenoxy) is 2. The number of pyridine rings is 1. The lowest BCUT2D eigenvalue weighted by Crippen LogP contribution is -2.46. The summed E-state index contributed by atoms with van der Waals surface area (Å²) in [6, 6.07) is 3.60. The van der Waals surface area contributed by atoms with Crippen molar-refractivity contribution in [1.82, 2.24) is 14.0 Å². The molecule has 2 heterocycles. The summed E-state index contributed by atoms with van der Waals surface area (Å²) in [7, 11) is -3.47. The van der Waals surface area contributed by atoms with Gasteiger partial charge in [-0.05, 0) is 37.3 Å². The number of aromatic nitrogens is 1. The average molecular weight is 341 g/mol. The van der Waals surface area contributed by atoms with Crippen LogP contribution in [0.2, 0.25) is 0 Å². The highest BCUT2D eigenvalue weighted by Gasteiger charge is 2.23. The molecule has 1 saturated heterocycles. The highest BCUT2D eigenvalue weighted by molar-refractivity contribution is 7.87. The Morgan fingerprint density at radius 1 is 1.30 bits per heavy atom. The van der Waals surface area contributed by atoms with Crippen LogP contribution in [0.1, 0.15) is 31.2 Å². The molecule has 1 N–H and O–H groups in total. The number of hydrogen-bond donors (Lipinski definition) is 1. The highest BCUT2D eigenvalue weighted by atomic mass is 32.2. The van der Waals surface area contributed by atoms with E-state index in [2.05, 4.69) is 9.71 Å². The van der Waals surface area contributed by atoms with Crippen molar-refractivity contribution in [3.05, 3.63) is 23.9 Å². The molecule has 23 heavy (non-hydrogen) atoms. The number of rotatable bonds is 6. The molecule has 1 aromatic heterocycles. The Hall–Kier alpha value is -1.22. The van der Waals surface area contributed by atoms with E-state index in [-0.39, 0.29) is 12.6 Å². The lowest BCUT2D eigenvalue weighted by Gasteiger charge is -2.26. The third-order valence-corrected chi connectivity index (χ3v) is 5.71. The second-order valence-corrected chi connectivity index (χ2v) is 7.62. The van der Waals surface area contributed by atoms with Crippen LogP contribution in [-0.4, -0.2) is 50.1 Å². The van der Waals surface area contributed by atoms with Crippen molar-refractivity contribution in [2.24, 2.45) is 0 Å². The minimum atomic E-state index is -3.47. The van der Waals surface area contributed by atoms with Gasteiger partial charge >= 0.3 is 0 Å².